The number of methoxy groups -OCH3 is 1. The minimum atomic E-state index is 0.864. The first kappa shape index (κ1) is 14.4. The number of hydrogen-bond acceptors (Lipinski definition) is 3. The quantitative estimate of drug-likeness (QED) is 0.535. The van der Waals surface area contributed by atoms with Gasteiger partial charge in [0.15, 0.2) is 0 Å². The molecule has 4 rings (SSSR count). The number of nitrogens with zero attached hydrogens (tertiary/aromatic N) is 2. The van der Waals surface area contributed by atoms with Crippen LogP contribution in [0.5, 0.6) is 5.75 Å². The van der Waals surface area contributed by atoms with E-state index in [0.717, 1.165) is 22.4 Å². The van der Waals surface area contributed by atoms with Gasteiger partial charge in [-0.25, -0.2) is 9.97 Å². The van der Waals surface area contributed by atoms with Crippen molar-refractivity contribution in [2.24, 2.45) is 0 Å². The summed E-state index contributed by atoms with van der Waals surface area (Å²) in [5.74, 6) is 0.864. The molecule has 0 bridgehead atoms. The number of rotatable bonds is 3. The van der Waals surface area contributed by atoms with Crippen LogP contribution in [0.2, 0.25) is 0 Å². The van der Waals surface area contributed by atoms with Gasteiger partial charge >= 0.3 is 0 Å². The molecule has 4 aromatic rings. The molecule has 0 aliphatic carbocycles. The molecule has 0 aliphatic rings. The Bertz CT molecular complexity index is 997. The molecule has 1 aromatic heterocycles. The van der Waals surface area contributed by atoms with Gasteiger partial charge in [-0.05, 0) is 45.7 Å². The van der Waals surface area contributed by atoms with Gasteiger partial charge in [-0.15, -0.1) is 0 Å². The number of benzene rings is 3. The fourth-order valence-corrected chi connectivity index (χ4v) is 2.96. The van der Waals surface area contributed by atoms with Crippen molar-refractivity contribution in [3.63, 3.8) is 0 Å². The van der Waals surface area contributed by atoms with Gasteiger partial charge in [-0.3, -0.25) is 0 Å². The normalized spacial score (nSPS) is 10.7. The highest BCUT2D eigenvalue weighted by Gasteiger charge is 2.06. The molecule has 0 spiro atoms. The van der Waals surface area contributed by atoms with E-state index in [1.54, 1.807) is 13.4 Å². The van der Waals surface area contributed by atoms with Crippen LogP contribution in [-0.2, 0) is 0 Å². The Morgan fingerprint density at radius 2 is 1.54 bits per heavy atom. The summed E-state index contributed by atoms with van der Waals surface area (Å²) < 4.78 is 5.33. The Morgan fingerprint density at radius 1 is 0.750 bits per heavy atom. The van der Waals surface area contributed by atoms with Gasteiger partial charge in [0.1, 0.15) is 12.1 Å². The maximum Gasteiger partial charge on any atom is 0.119 e. The van der Waals surface area contributed by atoms with Crippen LogP contribution >= 0.6 is 0 Å². The minimum absolute atomic E-state index is 0.864. The van der Waals surface area contributed by atoms with Crippen molar-refractivity contribution in [1.82, 2.24) is 9.97 Å². The van der Waals surface area contributed by atoms with Crippen molar-refractivity contribution in [1.29, 1.82) is 0 Å². The maximum absolute atomic E-state index is 5.33. The monoisotopic (exact) mass is 312 g/mol. The summed E-state index contributed by atoms with van der Waals surface area (Å²) in [5, 5.41) is 2.38. The van der Waals surface area contributed by atoms with Crippen molar-refractivity contribution >= 4 is 10.8 Å². The molecule has 116 valence electrons. The lowest BCUT2D eigenvalue weighted by molar-refractivity contribution is 0.415. The van der Waals surface area contributed by atoms with Gasteiger partial charge in [0.25, 0.3) is 0 Å². The molecule has 0 aliphatic heterocycles. The lowest BCUT2D eigenvalue weighted by Crippen LogP contribution is -1.86. The molecule has 0 amide bonds. The fourth-order valence-electron chi connectivity index (χ4n) is 2.96. The lowest BCUT2D eigenvalue weighted by Gasteiger charge is -2.09. The SMILES string of the molecule is COc1cccc(-c2ccc3c(-c4cncnc4)cccc3c2)c1. The van der Waals surface area contributed by atoms with Gasteiger partial charge in [-0.2, -0.15) is 0 Å². The van der Waals surface area contributed by atoms with Gasteiger partial charge < -0.3 is 4.74 Å². The largest absolute Gasteiger partial charge is 0.497 e. The topological polar surface area (TPSA) is 35.0 Å². The van der Waals surface area contributed by atoms with Crippen LogP contribution < -0.4 is 4.74 Å². The third-order valence-electron chi connectivity index (χ3n) is 4.16. The molecule has 24 heavy (non-hydrogen) atoms. The van der Waals surface area contributed by atoms with E-state index in [2.05, 4.69) is 58.5 Å². The van der Waals surface area contributed by atoms with E-state index in [0.29, 0.717) is 0 Å². The third-order valence-corrected chi connectivity index (χ3v) is 4.16. The second kappa shape index (κ2) is 6.13. The molecular weight excluding hydrogens is 296 g/mol. The Kier molecular flexibility index (Phi) is 3.67. The molecule has 0 saturated carbocycles. The second-order valence-electron chi connectivity index (χ2n) is 5.60. The number of ether oxygens (including phenoxy) is 1. The maximum atomic E-state index is 5.33. The van der Waals surface area contributed by atoms with Crippen LogP contribution in [0.25, 0.3) is 33.0 Å². The van der Waals surface area contributed by atoms with Crippen LogP contribution in [0, 0.1) is 0 Å². The van der Waals surface area contributed by atoms with Crippen molar-refractivity contribution in [2.45, 2.75) is 0 Å². The van der Waals surface area contributed by atoms with Crippen molar-refractivity contribution in [3.8, 4) is 28.0 Å². The van der Waals surface area contributed by atoms with Gasteiger partial charge in [0.2, 0.25) is 0 Å². The summed E-state index contributed by atoms with van der Waals surface area (Å²) in [6, 6.07) is 20.9. The van der Waals surface area contributed by atoms with Gasteiger partial charge in [0, 0.05) is 18.0 Å². The van der Waals surface area contributed by atoms with E-state index in [-0.39, 0.29) is 0 Å². The molecule has 0 atom stereocenters. The molecule has 0 N–H and O–H groups in total. The minimum Gasteiger partial charge on any atom is -0.497 e. The summed E-state index contributed by atoms with van der Waals surface area (Å²) >= 11 is 0. The highest BCUT2D eigenvalue weighted by atomic mass is 16.5. The van der Waals surface area contributed by atoms with E-state index in [1.165, 1.54) is 16.3 Å². The first-order chi connectivity index (χ1) is 11.8. The Hall–Kier alpha value is -3.20. The average Bonchev–Trinajstić information content (AvgIpc) is 2.68. The molecule has 3 nitrogen and oxygen atoms in total. The van der Waals surface area contributed by atoms with Crippen LogP contribution in [-0.4, -0.2) is 17.1 Å². The molecule has 0 saturated heterocycles. The zero-order valence-corrected chi connectivity index (χ0v) is 13.3. The van der Waals surface area contributed by atoms with Crippen molar-refractivity contribution in [2.75, 3.05) is 7.11 Å². The van der Waals surface area contributed by atoms with Crippen molar-refractivity contribution < 1.29 is 4.74 Å². The summed E-state index contributed by atoms with van der Waals surface area (Å²) in [5.41, 5.74) is 4.48. The van der Waals surface area contributed by atoms with E-state index < -0.39 is 0 Å². The predicted octanol–water partition coefficient (Wildman–Crippen LogP) is 4.97. The molecule has 0 radical (unpaired) electrons. The van der Waals surface area contributed by atoms with Gasteiger partial charge in [-0.1, -0.05) is 42.5 Å². The average molecular weight is 312 g/mol. The van der Waals surface area contributed by atoms with E-state index in [4.69, 9.17) is 4.74 Å². The smallest absolute Gasteiger partial charge is 0.119 e. The summed E-state index contributed by atoms with van der Waals surface area (Å²) in [4.78, 5) is 8.25. The summed E-state index contributed by atoms with van der Waals surface area (Å²) in [6.45, 7) is 0. The van der Waals surface area contributed by atoms with Crippen LogP contribution in [0.4, 0.5) is 0 Å². The highest BCUT2D eigenvalue weighted by Crippen LogP contribution is 2.32. The third kappa shape index (κ3) is 2.61. The van der Waals surface area contributed by atoms with Crippen LogP contribution in [0.1, 0.15) is 0 Å². The molecule has 3 aromatic carbocycles. The fraction of sp³-hybridized carbons (Fsp3) is 0.0476. The van der Waals surface area contributed by atoms with Crippen LogP contribution in [0.15, 0.2) is 79.4 Å². The summed E-state index contributed by atoms with van der Waals surface area (Å²) in [6.07, 6.45) is 5.24. The molecule has 1 heterocycles. The molecular formula is C21H16N2O. The zero-order chi connectivity index (χ0) is 16.4. The molecule has 0 fully saturated rings. The zero-order valence-electron chi connectivity index (χ0n) is 13.3. The number of hydrogen-bond donors (Lipinski definition) is 0. The van der Waals surface area contributed by atoms with Gasteiger partial charge in [0.05, 0.1) is 7.11 Å². The highest BCUT2D eigenvalue weighted by molar-refractivity contribution is 5.98. The van der Waals surface area contributed by atoms with Crippen molar-refractivity contribution in [3.05, 3.63) is 79.4 Å². The van der Waals surface area contributed by atoms with E-state index >= 15 is 0 Å². The Balaban J connectivity index is 1.85. The summed E-state index contributed by atoms with van der Waals surface area (Å²) in [7, 11) is 1.69. The lowest BCUT2D eigenvalue weighted by atomic mass is 9.96. The Morgan fingerprint density at radius 3 is 2.38 bits per heavy atom. The number of aromatic nitrogens is 2. The first-order valence-corrected chi connectivity index (χ1v) is 7.78. The molecule has 0 unspecified atom stereocenters. The first-order valence-electron chi connectivity index (χ1n) is 7.78. The van der Waals surface area contributed by atoms with E-state index in [9.17, 15) is 0 Å². The number of fused-ring (bicyclic) bond motifs is 1. The standard InChI is InChI=1S/C21H16N2O/c1-24-19-6-2-4-15(11-19)16-8-9-21-17(10-16)5-3-7-20(21)18-12-22-14-23-13-18/h2-14H,1H3. The Labute approximate surface area is 140 Å². The van der Waals surface area contributed by atoms with E-state index in [1.807, 2.05) is 24.5 Å². The predicted molar refractivity (Wildman–Crippen MR) is 97.0 cm³/mol. The molecule has 3 heteroatoms. The van der Waals surface area contributed by atoms with Crippen LogP contribution in [0.3, 0.4) is 0 Å². The second-order valence-corrected chi connectivity index (χ2v) is 5.60.